The minimum absolute atomic E-state index is 0.922. The summed E-state index contributed by atoms with van der Waals surface area (Å²) in [6, 6.07) is 48.5. The van der Waals surface area contributed by atoms with Crippen LogP contribution in [0.3, 0.4) is 0 Å². The van der Waals surface area contributed by atoms with Gasteiger partial charge >= 0.3 is 0 Å². The van der Waals surface area contributed by atoms with Gasteiger partial charge in [-0.25, -0.2) is 0 Å². The Morgan fingerprint density at radius 1 is 0.465 bits per heavy atom. The highest BCUT2D eigenvalue weighted by molar-refractivity contribution is 7.25. The Labute approximate surface area is 250 Å². The van der Waals surface area contributed by atoms with Crippen LogP contribution in [0.25, 0.3) is 91.4 Å². The third-order valence-corrected chi connectivity index (χ3v) is 10.1. The Morgan fingerprint density at radius 3 is 2.21 bits per heavy atom. The molecule has 0 saturated carbocycles. The molecule has 3 heteroatoms. The van der Waals surface area contributed by atoms with E-state index in [-0.39, 0.29) is 0 Å². The van der Waals surface area contributed by atoms with E-state index in [9.17, 15) is 0 Å². The largest absolute Gasteiger partial charge is 0.456 e. The third kappa shape index (κ3) is 3.34. The lowest BCUT2D eigenvalue weighted by Crippen LogP contribution is -1.91. The highest BCUT2D eigenvalue weighted by atomic mass is 32.1. The van der Waals surface area contributed by atoms with E-state index >= 15 is 0 Å². The summed E-state index contributed by atoms with van der Waals surface area (Å²) < 4.78 is 11.1. The molecule has 0 aliphatic carbocycles. The molecule has 43 heavy (non-hydrogen) atoms. The molecule has 7 aromatic carbocycles. The van der Waals surface area contributed by atoms with E-state index in [1.807, 2.05) is 23.5 Å². The van der Waals surface area contributed by atoms with Gasteiger partial charge in [0.1, 0.15) is 11.2 Å². The number of furan rings is 1. The Morgan fingerprint density at radius 2 is 1.28 bits per heavy atom. The van der Waals surface area contributed by atoms with Crippen molar-refractivity contribution in [2.45, 2.75) is 0 Å². The highest BCUT2D eigenvalue weighted by Crippen LogP contribution is 2.44. The van der Waals surface area contributed by atoms with Crippen LogP contribution in [-0.4, -0.2) is 4.57 Å². The fourth-order valence-electron chi connectivity index (χ4n) is 6.95. The van der Waals surface area contributed by atoms with Gasteiger partial charge in [-0.3, -0.25) is 0 Å². The molecule has 0 atom stereocenters. The van der Waals surface area contributed by atoms with Crippen molar-refractivity contribution in [2.75, 3.05) is 0 Å². The lowest BCUT2D eigenvalue weighted by molar-refractivity contribution is 0.669. The number of rotatable bonds is 2. The van der Waals surface area contributed by atoms with Gasteiger partial charge in [0, 0.05) is 48.2 Å². The van der Waals surface area contributed by atoms with E-state index in [0.29, 0.717) is 0 Å². The lowest BCUT2D eigenvalue weighted by Gasteiger charge is -2.13. The first kappa shape index (κ1) is 23.2. The predicted molar refractivity (Wildman–Crippen MR) is 184 cm³/mol. The minimum Gasteiger partial charge on any atom is -0.456 e. The highest BCUT2D eigenvalue weighted by Gasteiger charge is 2.16. The average molecular weight is 566 g/mol. The van der Waals surface area contributed by atoms with Gasteiger partial charge < -0.3 is 8.98 Å². The number of nitrogens with zero attached hydrogens (tertiary/aromatic N) is 1. The van der Waals surface area contributed by atoms with Crippen LogP contribution in [0.4, 0.5) is 0 Å². The van der Waals surface area contributed by atoms with Crippen molar-refractivity contribution in [3.63, 3.8) is 0 Å². The number of hydrogen-bond donors (Lipinski definition) is 0. The summed E-state index contributed by atoms with van der Waals surface area (Å²) in [7, 11) is 0. The number of para-hydroxylation sites is 2. The molecule has 2 nitrogen and oxygen atoms in total. The van der Waals surface area contributed by atoms with Crippen LogP contribution >= 0.6 is 11.3 Å². The van der Waals surface area contributed by atoms with Crippen molar-refractivity contribution in [1.29, 1.82) is 0 Å². The molecule has 10 aromatic rings. The molecule has 0 radical (unpaired) electrons. The second kappa shape index (κ2) is 8.57. The fourth-order valence-corrected chi connectivity index (χ4v) is 8.08. The summed E-state index contributed by atoms with van der Waals surface area (Å²) in [5, 5.41) is 11.3. The normalized spacial score (nSPS) is 12.2. The van der Waals surface area contributed by atoms with Gasteiger partial charge in [0.25, 0.3) is 0 Å². The first-order valence-corrected chi connectivity index (χ1v) is 15.4. The van der Waals surface area contributed by atoms with Crippen LogP contribution in [-0.2, 0) is 0 Å². The quantitative estimate of drug-likeness (QED) is 0.191. The Hall–Kier alpha value is -5.38. The second-order valence-electron chi connectivity index (χ2n) is 11.4. The molecule has 200 valence electrons. The summed E-state index contributed by atoms with van der Waals surface area (Å²) in [5.74, 6) is 0. The molecule has 0 spiro atoms. The molecule has 0 N–H and O–H groups in total. The fraction of sp³-hybridized carbons (Fsp3) is 0. The predicted octanol–water partition coefficient (Wildman–Crippen LogP) is 11.9. The van der Waals surface area contributed by atoms with E-state index in [1.54, 1.807) is 0 Å². The number of thiophene rings is 1. The molecule has 0 bridgehead atoms. The molecule has 10 rings (SSSR count). The van der Waals surface area contributed by atoms with E-state index in [1.165, 1.54) is 69.4 Å². The number of benzene rings is 7. The van der Waals surface area contributed by atoms with Crippen molar-refractivity contribution in [2.24, 2.45) is 0 Å². The Bertz CT molecular complexity index is 2720. The first-order valence-electron chi connectivity index (χ1n) is 14.6. The lowest BCUT2D eigenvalue weighted by atomic mass is 9.91. The molecule has 0 saturated heterocycles. The van der Waals surface area contributed by atoms with Crippen LogP contribution in [0.15, 0.2) is 144 Å². The maximum atomic E-state index is 6.18. The Kier molecular flexibility index (Phi) is 4.63. The van der Waals surface area contributed by atoms with Gasteiger partial charge in [-0.2, -0.15) is 0 Å². The zero-order chi connectivity index (χ0) is 28.1. The molecular formula is C40H23NOS. The molecule has 0 aliphatic heterocycles. The molecule has 0 unspecified atom stereocenters. The molecule has 3 aromatic heterocycles. The van der Waals surface area contributed by atoms with Crippen molar-refractivity contribution < 1.29 is 4.42 Å². The average Bonchev–Trinajstić information content (AvgIpc) is 3.75. The Balaban J connectivity index is 1.33. The zero-order valence-corrected chi connectivity index (χ0v) is 23.9. The molecule has 0 aliphatic rings. The van der Waals surface area contributed by atoms with E-state index in [4.69, 9.17) is 4.42 Å². The summed E-state index contributed by atoms with van der Waals surface area (Å²) in [4.78, 5) is 0. The van der Waals surface area contributed by atoms with E-state index < -0.39 is 0 Å². The summed E-state index contributed by atoms with van der Waals surface area (Å²) in [6.45, 7) is 0. The van der Waals surface area contributed by atoms with Crippen LogP contribution < -0.4 is 0 Å². The first-order chi connectivity index (χ1) is 21.3. The standard InChI is InChI=1S/C40H23NOS/c1-2-8-27(9-3-1)41-17-16-25-18-26-20-30(24-14-15-38-34(19-24)28-10-4-6-12-37(28)42-38)32-21-35-29-11-5-7-13-39(29)43-40(35)23-33(32)31(26)22-36(25)41/h1-23H. The minimum atomic E-state index is 0.922. The van der Waals surface area contributed by atoms with Gasteiger partial charge in [-0.05, 0) is 105 Å². The SMILES string of the molecule is c1ccc(-n2ccc3cc4cc(-c5ccc6oc7ccccc7c6c5)c5cc6c(cc5c4cc32)sc2ccccc26)cc1. The monoisotopic (exact) mass is 565 g/mol. The van der Waals surface area contributed by atoms with Gasteiger partial charge in [0.05, 0.1) is 5.52 Å². The topological polar surface area (TPSA) is 18.1 Å². The van der Waals surface area contributed by atoms with Crippen LogP contribution in [0, 0.1) is 0 Å². The smallest absolute Gasteiger partial charge is 0.135 e. The maximum absolute atomic E-state index is 6.18. The molecular weight excluding hydrogens is 543 g/mol. The maximum Gasteiger partial charge on any atom is 0.135 e. The number of hydrogen-bond acceptors (Lipinski definition) is 2. The number of fused-ring (bicyclic) bond motifs is 10. The van der Waals surface area contributed by atoms with Crippen LogP contribution in [0.5, 0.6) is 0 Å². The van der Waals surface area contributed by atoms with Gasteiger partial charge in [-0.1, -0.05) is 60.7 Å². The van der Waals surface area contributed by atoms with Crippen molar-refractivity contribution in [3.05, 3.63) is 140 Å². The van der Waals surface area contributed by atoms with Gasteiger partial charge in [-0.15, -0.1) is 11.3 Å². The van der Waals surface area contributed by atoms with Crippen molar-refractivity contribution in [3.8, 4) is 16.8 Å². The molecule has 0 fully saturated rings. The second-order valence-corrected chi connectivity index (χ2v) is 12.5. The zero-order valence-electron chi connectivity index (χ0n) is 23.0. The van der Waals surface area contributed by atoms with Crippen molar-refractivity contribution >= 4 is 85.9 Å². The van der Waals surface area contributed by atoms with Gasteiger partial charge in [0.2, 0.25) is 0 Å². The third-order valence-electron chi connectivity index (χ3n) is 8.98. The summed E-state index contributed by atoms with van der Waals surface area (Å²) >= 11 is 1.88. The number of aromatic nitrogens is 1. The van der Waals surface area contributed by atoms with E-state index in [2.05, 4.69) is 132 Å². The summed E-state index contributed by atoms with van der Waals surface area (Å²) in [6.07, 6.45) is 2.18. The summed E-state index contributed by atoms with van der Waals surface area (Å²) in [5.41, 5.74) is 6.68. The van der Waals surface area contributed by atoms with Crippen LogP contribution in [0.2, 0.25) is 0 Å². The molecule has 0 amide bonds. The van der Waals surface area contributed by atoms with Crippen molar-refractivity contribution in [1.82, 2.24) is 4.57 Å². The van der Waals surface area contributed by atoms with E-state index in [0.717, 1.165) is 21.9 Å². The van der Waals surface area contributed by atoms with Gasteiger partial charge in [0.15, 0.2) is 0 Å². The molecule has 3 heterocycles. The van der Waals surface area contributed by atoms with Crippen LogP contribution in [0.1, 0.15) is 0 Å².